The van der Waals surface area contributed by atoms with Crippen molar-refractivity contribution in [3.63, 3.8) is 0 Å². The van der Waals surface area contributed by atoms with Gasteiger partial charge in [0.25, 0.3) is 5.56 Å². The third-order valence-corrected chi connectivity index (χ3v) is 6.64. The van der Waals surface area contributed by atoms with E-state index in [4.69, 9.17) is 9.97 Å². The molecule has 0 bridgehead atoms. The van der Waals surface area contributed by atoms with E-state index in [0.717, 1.165) is 38.8 Å². The number of nitrogens with zero attached hydrogens (tertiary/aromatic N) is 5. The monoisotopic (exact) mass is 476 g/mol. The molecular formula is C28H24N6O2. The first-order chi connectivity index (χ1) is 17.5. The van der Waals surface area contributed by atoms with Crippen LogP contribution in [0.1, 0.15) is 12.1 Å². The summed E-state index contributed by atoms with van der Waals surface area (Å²) in [7, 11) is 1.81. The lowest BCUT2D eigenvalue weighted by Crippen LogP contribution is -2.23. The molecule has 3 aromatic heterocycles. The van der Waals surface area contributed by atoms with E-state index in [9.17, 15) is 9.59 Å². The van der Waals surface area contributed by atoms with Crippen LogP contribution in [0.15, 0.2) is 83.7 Å². The summed E-state index contributed by atoms with van der Waals surface area (Å²) in [4.78, 5) is 35.9. The first-order valence-corrected chi connectivity index (χ1v) is 11.8. The molecule has 6 aromatic rings. The fourth-order valence-corrected chi connectivity index (χ4v) is 4.74. The van der Waals surface area contributed by atoms with Gasteiger partial charge in [0.15, 0.2) is 5.65 Å². The van der Waals surface area contributed by atoms with Crippen molar-refractivity contribution in [2.75, 3.05) is 5.32 Å². The van der Waals surface area contributed by atoms with Gasteiger partial charge in [0, 0.05) is 25.4 Å². The van der Waals surface area contributed by atoms with E-state index in [1.807, 2.05) is 90.4 Å². The van der Waals surface area contributed by atoms with Gasteiger partial charge in [0.1, 0.15) is 11.2 Å². The highest BCUT2D eigenvalue weighted by atomic mass is 16.2. The number of rotatable bonds is 5. The molecular weight excluding hydrogens is 452 g/mol. The Kier molecular flexibility index (Phi) is 5.14. The lowest BCUT2D eigenvalue weighted by atomic mass is 10.2. The van der Waals surface area contributed by atoms with Crippen LogP contribution >= 0.6 is 0 Å². The van der Waals surface area contributed by atoms with Gasteiger partial charge in [0.2, 0.25) is 5.91 Å². The Hall–Kier alpha value is -4.72. The Balaban J connectivity index is 1.32. The molecule has 8 nitrogen and oxygen atoms in total. The van der Waals surface area contributed by atoms with Gasteiger partial charge in [-0.2, -0.15) is 0 Å². The Labute approximate surface area is 206 Å². The average Bonchev–Trinajstić information content (AvgIpc) is 3.32. The van der Waals surface area contributed by atoms with E-state index in [0.29, 0.717) is 17.9 Å². The average molecular weight is 477 g/mol. The van der Waals surface area contributed by atoms with E-state index in [-0.39, 0.29) is 17.9 Å². The lowest BCUT2D eigenvalue weighted by Gasteiger charge is -2.08. The molecule has 178 valence electrons. The van der Waals surface area contributed by atoms with E-state index in [1.54, 1.807) is 16.4 Å². The zero-order valence-corrected chi connectivity index (χ0v) is 20.0. The molecule has 0 atom stereocenters. The van der Waals surface area contributed by atoms with Gasteiger partial charge >= 0.3 is 0 Å². The van der Waals surface area contributed by atoms with Gasteiger partial charge in [0.05, 0.1) is 27.9 Å². The minimum atomic E-state index is -0.260. The Bertz CT molecular complexity index is 1830. The number of hydrogen-bond donors (Lipinski definition) is 1. The first-order valence-electron chi connectivity index (χ1n) is 11.8. The summed E-state index contributed by atoms with van der Waals surface area (Å²) in [5.74, 6) is -0.235. The number of hydrogen-bond acceptors (Lipinski definition) is 4. The van der Waals surface area contributed by atoms with Crippen molar-refractivity contribution in [1.82, 2.24) is 23.9 Å². The Morgan fingerprint density at radius 3 is 2.33 bits per heavy atom. The van der Waals surface area contributed by atoms with Crippen LogP contribution in [-0.4, -0.2) is 29.8 Å². The second-order valence-corrected chi connectivity index (χ2v) is 8.79. The highest BCUT2D eigenvalue weighted by molar-refractivity contribution is 6.06. The van der Waals surface area contributed by atoms with Crippen LogP contribution in [0.3, 0.4) is 0 Å². The van der Waals surface area contributed by atoms with E-state index in [2.05, 4.69) is 5.32 Å². The van der Waals surface area contributed by atoms with Crippen LogP contribution in [0.2, 0.25) is 0 Å². The van der Waals surface area contributed by atoms with Crippen molar-refractivity contribution in [3.8, 4) is 5.69 Å². The molecule has 3 aromatic carbocycles. The molecule has 0 aliphatic rings. The van der Waals surface area contributed by atoms with Gasteiger partial charge in [-0.1, -0.05) is 48.5 Å². The van der Waals surface area contributed by atoms with E-state index < -0.39 is 0 Å². The maximum absolute atomic E-state index is 13.2. The second-order valence-electron chi connectivity index (χ2n) is 8.79. The topological polar surface area (TPSA) is 86.7 Å². The smallest absolute Gasteiger partial charge is 0.295 e. The highest BCUT2D eigenvalue weighted by Gasteiger charge is 2.19. The van der Waals surface area contributed by atoms with E-state index in [1.165, 1.54) is 0 Å². The number of para-hydroxylation sites is 4. The van der Waals surface area contributed by atoms with Crippen LogP contribution in [0.5, 0.6) is 0 Å². The zero-order valence-electron chi connectivity index (χ0n) is 20.0. The van der Waals surface area contributed by atoms with Crippen molar-refractivity contribution in [2.45, 2.75) is 19.9 Å². The quantitative estimate of drug-likeness (QED) is 0.395. The molecule has 3 heterocycles. The number of aryl methyl sites for hydroxylation is 1. The summed E-state index contributed by atoms with van der Waals surface area (Å²) in [6.45, 7) is 2.23. The minimum absolute atomic E-state index is 0.182. The van der Waals surface area contributed by atoms with Crippen molar-refractivity contribution >= 4 is 44.7 Å². The molecule has 0 spiro atoms. The number of amides is 1. The molecule has 1 N–H and O–H groups in total. The number of aromatic nitrogens is 5. The van der Waals surface area contributed by atoms with Gasteiger partial charge < -0.3 is 9.88 Å². The third kappa shape index (κ3) is 3.46. The summed E-state index contributed by atoms with van der Waals surface area (Å²) < 4.78 is 5.34. The maximum atomic E-state index is 13.2. The van der Waals surface area contributed by atoms with E-state index >= 15 is 0 Å². The SMILES string of the molecule is Cc1c(NC(=O)CCn2c3ccccc3c3nc4ccccc4nc32)c(=O)n(-c2ccccc2)n1C. The molecule has 36 heavy (non-hydrogen) atoms. The minimum Gasteiger partial charge on any atom is -0.323 e. The van der Waals surface area contributed by atoms with Gasteiger partial charge in [-0.15, -0.1) is 0 Å². The second kappa shape index (κ2) is 8.49. The Morgan fingerprint density at radius 2 is 1.56 bits per heavy atom. The largest absolute Gasteiger partial charge is 0.323 e. The summed E-state index contributed by atoms with van der Waals surface area (Å²) >= 11 is 0. The predicted octanol–water partition coefficient (Wildman–Crippen LogP) is 4.56. The molecule has 0 unspecified atom stereocenters. The standard InChI is InChI=1S/C28H24N6O2/c1-18-25(28(36)34(32(18)2)19-10-4-3-5-11-19)31-24(35)16-17-33-23-15-9-6-12-20(23)26-27(33)30-22-14-8-7-13-21(22)29-26/h3-15H,16-17H2,1-2H3,(H,31,35). The van der Waals surface area contributed by atoms with Crippen molar-refractivity contribution < 1.29 is 4.79 Å². The van der Waals surface area contributed by atoms with Gasteiger partial charge in [-0.05, 0) is 37.3 Å². The molecule has 0 aliphatic carbocycles. The molecule has 6 rings (SSSR count). The van der Waals surface area contributed by atoms with Crippen LogP contribution in [0.25, 0.3) is 38.8 Å². The molecule has 1 amide bonds. The summed E-state index contributed by atoms with van der Waals surface area (Å²) in [6.07, 6.45) is 0.182. The number of nitrogens with one attached hydrogen (secondary N) is 1. The maximum Gasteiger partial charge on any atom is 0.295 e. The van der Waals surface area contributed by atoms with Crippen molar-refractivity contribution in [2.24, 2.45) is 7.05 Å². The number of fused-ring (bicyclic) bond motifs is 4. The molecule has 0 fully saturated rings. The first kappa shape index (κ1) is 21.8. The van der Waals surface area contributed by atoms with Crippen molar-refractivity contribution in [1.29, 1.82) is 0 Å². The normalized spacial score (nSPS) is 11.5. The molecule has 0 radical (unpaired) electrons. The fourth-order valence-electron chi connectivity index (χ4n) is 4.74. The van der Waals surface area contributed by atoms with Crippen LogP contribution in [0.4, 0.5) is 5.69 Å². The molecule has 0 aliphatic heterocycles. The van der Waals surface area contributed by atoms with Crippen molar-refractivity contribution in [3.05, 3.63) is 94.9 Å². The third-order valence-electron chi connectivity index (χ3n) is 6.64. The highest BCUT2D eigenvalue weighted by Crippen LogP contribution is 2.28. The summed E-state index contributed by atoms with van der Waals surface area (Å²) in [5.41, 5.74) is 5.62. The van der Waals surface area contributed by atoms with Gasteiger partial charge in [-0.25, -0.2) is 14.6 Å². The fraction of sp³-hybridized carbons (Fsp3) is 0.143. The number of carbonyl (C=O) groups is 1. The zero-order chi connectivity index (χ0) is 24.8. The van der Waals surface area contributed by atoms with Crippen LogP contribution in [0, 0.1) is 6.92 Å². The van der Waals surface area contributed by atoms with Crippen LogP contribution in [-0.2, 0) is 18.4 Å². The molecule has 0 saturated carbocycles. The van der Waals surface area contributed by atoms with Gasteiger partial charge in [-0.3, -0.25) is 14.3 Å². The molecule has 8 heteroatoms. The summed E-state index contributed by atoms with van der Waals surface area (Å²) in [5, 5.41) is 3.85. The molecule has 0 saturated heterocycles. The summed E-state index contributed by atoms with van der Waals surface area (Å²) in [6, 6.07) is 25.1. The predicted molar refractivity (Wildman–Crippen MR) is 142 cm³/mol. The Morgan fingerprint density at radius 1 is 0.889 bits per heavy atom. The lowest BCUT2D eigenvalue weighted by molar-refractivity contribution is -0.116. The number of carbonyl (C=O) groups excluding carboxylic acids is 1. The number of benzene rings is 3. The van der Waals surface area contributed by atoms with Crippen LogP contribution < -0.4 is 10.9 Å². The number of anilines is 1.